The van der Waals surface area contributed by atoms with E-state index < -0.39 is 6.10 Å². The topological polar surface area (TPSA) is 55.5 Å². The van der Waals surface area contributed by atoms with E-state index >= 15 is 0 Å². The lowest BCUT2D eigenvalue weighted by atomic mass is 9.87. The van der Waals surface area contributed by atoms with Crippen molar-refractivity contribution in [2.24, 2.45) is 5.73 Å². The maximum absolute atomic E-state index is 9.30. The van der Waals surface area contributed by atoms with E-state index in [1.54, 1.807) is 0 Å². The van der Waals surface area contributed by atoms with Crippen molar-refractivity contribution in [1.82, 2.24) is 0 Å². The summed E-state index contributed by atoms with van der Waals surface area (Å²) in [5, 5.41) is 9.30. The van der Waals surface area contributed by atoms with Gasteiger partial charge >= 0.3 is 0 Å². The van der Waals surface area contributed by atoms with Crippen molar-refractivity contribution in [3.63, 3.8) is 0 Å². The molecule has 0 radical (unpaired) electrons. The largest absolute Gasteiger partial charge is 0.491 e. The molecule has 0 heterocycles. The van der Waals surface area contributed by atoms with Gasteiger partial charge < -0.3 is 15.6 Å². The molecule has 0 amide bonds. The Morgan fingerprint density at radius 3 is 2.62 bits per heavy atom. The summed E-state index contributed by atoms with van der Waals surface area (Å²) in [4.78, 5) is 0. The first kappa shape index (κ1) is 13.0. The molecule has 0 fully saturated rings. The van der Waals surface area contributed by atoms with Crippen molar-refractivity contribution in [3.8, 4) is 5.75 Å². The molecule has 0 aliphatic carbocycles. The van der Waals surface area contributed by atoms with Crippen LogP contribution >= 0.6 is 0 Å². The van der Waals surface area contributed by atoms with E-state index in [9.17, 15) is 5.11 Å². The molecule has 3 nitrogen and oxygen atoms in total. The van der Waals surface area contributed by atoms with Crippen LogP contribution in [0.1, 0.15) is 26.3 Å². The SMILES string of the molecule is CC(C)(C)c1cccc(OC[C@H](O)CN)c1. The van der Waals surface area contributed by atoms with Crippen LogP contribution in [0.4, 0.5) is 0 Å². The second-order valence-corrected chi connectivity index (χ2v) is 4.98. The van der Waals surface area contributed by atoms with Crippen LogP contribution < -0.4 is 10.5 Å². The van der Waals surface area contributed by atoms with Gasteiger partial charge in [0.1, 0.15) is 18.5 Å². The van der Waals surface area contributed by atoms with E-state index in [0.717, 1.165) is 5.75 Å². The van der Waals surface area contributed by atoms with Gasteiger partial charge in [0.25, 0.3) is 0 Å². The van der Waals surface area contributed by atoms with Crippen molar-refractivity contribution in [3.05, 3.63) is 29.8 Å². The average Bonchev–Trinajstić information content (AvgIpc) is 2.25. The Kier molecular flexibility index (Phi) is 4.33. The molecule has 0 bridgehead atoms. The molecule has 0 aliphatic heterocycles. The second kappa shape index (κ2) is 5.32. The molecule has 1 aromatic rings. The van der Waals surface area contributed by atoms with Crippen LogP contribution in [0.15, 0.2) is 24.3 Å². The molecule has 0 aromatic heterocycles. The van der Waals surface area contributed by atoms with Crippen LogP contribution in [-0.2, 0) is 5.41 Å². The molecule has 0 saturated heterocycles. The van der Waals surface area contributed by atoms with E-state index in [0.29, 0.717) is 0 Å². The standard InChI is InChI=1S/C13H21NO2/c1-13(2,3)10-5-4-6-12(7-10)16-9-11(15)8-14/h4-7,11,15H,8-9,14H2,1-3H3/t11-/m1/s1. The second-order valence-electron chi connectivity index (χ2n) is 4.98. The van der Waals surface area contributed by atoms with Crippen molar-refractivity contribution < 1.29 is 9.84 Å². The fourth-order valence-corrected chi connectivity index (χ4v) is 1.31. The summed E-state index contributed by atoms with van der Waals surface area (Å²) in [6.07, 6.45) is -0.599. The number of aliphatic hydroxyl groups excluding tert-OH is 1. The maximum atomic E-state index is 9.30. The highest BCUT2D eigenvalue weighted by Gasteiger charge is 2.14. The van der Waals surface area contributed by atoms with E-state index in [-0.39, 0.29) is 18.6 Å². The normalized spacial score (nSPS) is 13.6. The Morgan fingerprint density at radius 1 is 1.38 bits per heavy atom. The van der Waals surface area contributed by atoms with Gasteiger partial charge in [0, 0.05) is 6.54 Å². The quantitative estimate of drug-likeness (QED) is 0.816. The molecule has 1 rings (SSSR count). The summed E-state index contributed by atoms with van der Waals surface area (Å²) in [5.74, 6) is 0.778. The predicted molar refractivity (Wildman–Crippen MR) is 65.7 cm³/mol. The minimum Gasteiger partial charge on any atom is -0.491 e. The summed E-state index contributed by atoms with van der Waals surface area (Å²) >= 11 is 0. The fourth-order valence-electron chi connectivity index (χ4n) is 1.31. The molecule has 0 unspecified atom stereocenters. The van der Waals surface area contributed by atoms with Gasteiger partial charge in [-0.1, -0.05) is 32.9 Å². The molecule has 0 saturated carbocycles. The molecule has 1 atom stereocenters. The Labute approximate surface area is 97.2 Å². The Bertz CT molecular complexity index is 331. The highest BCUT2D eigenvalue weighted by atomic mass is 16.5. The van der Waals surface area contributed by atoms with Gasteiger partial charge in [-0.3, -0.25) is 0 Å². The fraction of sp³-hybridized carbons (Fsp3) is 0.538. The first-order chi connectivity index (χ1) is 7.43. The van der Waals surface area contributed by atoms with Crippen LogP contribution in [0, 0.1) is 0 Å². The molecular formula is C13H21NO2. The van der Waals surface area contributed by atoms with Gasteiger partial charge in [0.2, 0.25) is 0 Å². The first-order valence-electron chi connectivity index (χ1n) is 5.55. The lowest BCUT2D eigenvalue weighted by Gasteiger charge is -2.20. The Morgan fingerprint density at radius 2 is 2.06 bits per heavy atom. The molecule has 1 aromatic carbocycles. The number of hydrogen-bond acceptors (Lipinski definition) is 3. The number of hydrogen-bond donors (Lipinski definition) is 2. The molecule has 16 heavy (non-hydrogen) atoms. The van der Waals surface area contributed by atoms with E-state index in [1.807, 2.05) is 18.2 Å². The zero-order valence-corrected chi connectivity index (χ0v) is 10.2. The van der Waals surface area contributed by atoms with Crippen molar-refractivity contribution in [2.75, 3.05) is 13.2 Å². The van der Waals surface area contributed by atoms with Gasteiger partial charge in [0.05, 0.1) is 0 Å². The Balaban J connectivity index is 2.68. The van der Waals surface area contributed by atoms with E-state index in [4.69, 9.17) is 10.5 Å². The van der Waals surface area contributed by atoms with Gasteiger partial charge in [-0.25, -0.2) is 0 Å². The lowest BCUT2D eigenvalue weighted by Crippen LogP contribution is -2.26. The number of rotatable bonds is 4. The van der Waals surface area contributed by atoms with E-state index in [2.05, 4.69) is 26.8 Å². The predicted octanol–water partition coefficient (Wildman–Crippen LogP) is 1.68. The van der Waals surface area contributed by atoms with Gasteiger partial charge in [0.15, 0.2) is 0 Å². The molecular weight excluding hydrogens is 202 g/mol. The van der Waals surface area contributed by atoms with Gasteiger partial charge in [-0.05, 0) is 23.1 Å². The van der Waals surface area contributed by atoms with Crippen LogP contribution in [0.25, 0.3) is 0 Å². The van der Waals surface area contributed by atoms with Crippen LogP contribution in [0.3, 0.4) is 0 Å². The molecule has 0 spiro atoms. The minimum absolute atomic E-state index is 0.103. The number of aliphatic hydroxyl groups is 1. The zero-order valence-electron chi connectivity index (χ0n) is 10.2. The molecule has 3 heteroatoms. The minimum atomic E-state index is -0.599. The van der Waals surface area contributed by atoms with Crippen LogP contribution in [0.2, 0.25) is 0 Å². The summed E-state index contributed by atoms with van der Waals surface area (Å²) < 4.78 is 5.46. The third kappa shape index (κ3) is 3.83. The Hall–Kier alpha value is -1.06. The lowest BCUT2D eigenvalue weighted by molar-refractivity contribution is 0.114. The maximum Gasteiger partial charge on any atom is 0.119 e. The summed E-state index contributed by atoms with van der Waals surface area (Å²) in [6, 6.07) is 7.93. The van der Waals surface area contributed by atoms with Gasteiger partial charge in [-0.2, -0.15) is 0 Å². The average molecular weight is 223 g/mol. The zero-order chi connectivity index (χ0) is 12.2. The third-order valence-electron chi connectivity index (χ3n) is 2.41. The molecule has 3 N–H and O–H groups in total. The summed E-state index contributed by atoms with van der Waals surface area (Å²) in [5.41, 5.74) is 6.62. The number of ether oxygens (including phenoxy) is 1. The highest BCUT2D eigenvalue weighted by Crippen LogP contribution is 2.25. The smallest absolute Gasteiger partial charge is 0.119 e. The van der Waals surface area contributed by atoms with Crippen LogP contribution in [0.5, 0.6) is 5.75 Å². The molecule has 90 valence electrons. The van der Waals surface area contributed by atoms with Gasteiger partial charge in [-0.15, -0.1) is 0 Å². The summed E-state index contributed by atoms with van der Waals surface area (Å²) in [6.45, 7) is 6.92. The molecule has 0 aliphatic rings. The highest BCUT2D eigenvalue weighted by molar-refractivity contribution is 5.32. The number of nitrogens with two attached hydrogens (primary N) is 1. The van der Waals surface area contributed by atoms with Crippen LogP contribution in [-0.4, -0.2) is 24.4 Å². The summed E-state index contributed by atoms with van der Waals surface area (Å²) in [7, 11) is 0. The van der Waals surface area contributed by atoms with Crippen molar-refractivity contribution in [2.45, 2.75) is 32.3 Å². The third-order valence-corrected chi connectivity index (χ3v) is 2.41. The number of benzene rings is 1. The first-order valence-corrected chi connectivity index (χ1v) is 5.55. The van der Waals surface area contributed by atoms with Crippen molar-refractivity contribution in [1.29, 1.82) is 0 Å². The van der Waals surface area contributed by atoms with Crippen molar-refractivity contribution >= 4 is 0 Å². The van der Waals surface area contributed by atoms with E-state index in [1.165, 1.54) is 5.56 Å². The monoisotopic (exact) mass is 223 g/mol.